The van der Waals surface area contributed by atoms with Crippen molar-refractivity contribution in [3.05, 3.63) is 83.6 Å². The second-order valence-corrected chi connectivity index (χ2v) is 8.33. The second-order valence-electron chi connectivity index (χ2n) is 8.33. The summed E-state index contributed by atoms with van der Waals surface area (Å²) in [6.45, 7) is 2.70. The molecular weight excluding hydrogens is 444 g/mol. The van der Waals surface area contributed by atoms with Crippen molar-refractivity contribution in [1.82, 2.24) is 20.1 Å². The van der Waals surface area contributed by atoms with E-state index < -0.39 is 24.5 Å². The summed E-state index contributed by atoms with van der Waals surface area (Å²) in [6.07, 6.45) is 0.357. The van der Waals surface area contributed by atoms with Crippen LogP contribution in [0, 0.1) is 6.92 Å². The zero-order valence-electron chi connectivity index (χ0n) is 19.8. The smallest absolute Gasteiger partial charge is 0.339 e. The lowest BCUT2D eigenvalue weighted by Crippen LogP contribution is -2.43. The third-order valence-corrected chi connectivity index (χ3v) is 5.70. The molecule has 0 saturated heterocycles. The summed E-state index contributed by atoms with van der Waals surface area (Å²) in [5.41, 5.74) is 3.80. The highest BCUT2D eigenvalue weighted by molar-refractivity contribution is 6.05. The molecule has 4 rings (SSSR count). The zero-order chi connectivity index (χ0) is 24.9. The van der Waals surface area contributed by atoms with E-state index in [2.05, 4.69) is 15.4 Å². The molecule has 1 unspecified atom stereocenters. The molecule has 1 amide bonds. The van der Waals surface area contributed by atoms with Crippen molar-refractivity contribution in [2.75, 3.05) is 6.61 Å². The monoisotopic (exact) mass is 470 g/mol. The Morgan fingerprint density at radius 1 is 1.03 bits per heavy atom. The SMILES string of the molecule is CC(=O)C(Cc1ccccc1)NC(=O)COC(=O)c1cc(-c2ccccc2)nc2c1c(C)nn2C. The van der Waals surface area contributed by atoms with E-state index >= 15 is 0 Å². The zero-order valence-corrected chi connectivity index (χ0v) is 19.8. The Morgan fingerprint density at radius 2 is 1.69 bits per heavy atom. The van der Waals surface area contributed by atoms with Crippen molar-refractivity contribution in [1.29, 1.82) is 0 Å². The second kappa shape index (κ2) is 10.3. The molecule has 0 aliphatic heterocycles. The Bertz CT molecular complexity index is 1380. The molecule has 2 heterocycles. The lowest BCUT2D eigenvalue weighted by atomic mass is 10.0. The maximum absolute atomic E-state index is 13.1. The molecule has 0 saturated carbocycles. The number of Topliss-reactive ketones (excluding diaryl/α,β-unsaturated/α-hetero) is 1. The number of ketones is 1. The summed E-state index contributed by atoms with van der Waals surface area (Å²) in [7, 11) is 1.76. The molecule has 8 nitrogen and oxygen atoms in total. The summed E-state index contributed by atoms with van der Waals surface area (Å²) in [5, 5.41) is 7.63. The number of carbonyl (C=O) groups excluding carboxylic acids is 3. The van der Waals surface area contributed by atoms with Gasteiger partial charge in [-0.05, 0) is 31.9 Å². The number of pyridine rings is 1. The summed E-state index contributed by atoms with van der Waals surface area (Å²) < 4.78 is 6.97. The summed E-state index contributed by atoms with van der Waals surface area (Å²) in [5.74, 6) is -1.39. The topological polar surface area (TPSA) is 103 Å². The van der Waals surface area contributed by atoms with Crippen molar-refractivity contribution in [3.8, 4) is 11.3 Å². The number of hydrogen-bond donors (Lipinski definition) is 1. The number of ether oxygens (including phenoxy) is 1. The van der Waals surface area contributed by atoms with Crippen molar-refractivity contribution < 1.29 is 19.1 Å². The van der Waals surface area contributed by atoms with E-state index in [1.54, 1.807) is 24.7 Å². The first kappa shape index (κ1) is 23.8. The van der Waals surface area contributed by atoms with E-state index in [1.807, 2.05) is 60.7 Å². The number of hydrogen-bond acceptors (Lipinski definition) is 6. The van der Waals surface area contributed by atoms with Gasteiger partial charge in [0.15, 0.2) is 18.0 Å². The van der Waals surface area contributed by atoms with E-state index in [0.717, 1.165) is 11.1 Å². The van der Waals surface area contributed by atoms with E-state index in [9.17, 15) is 14.4 Å². The maximum Gasteiger partial charge on any atom is 0.339 e. The van der Waals surface area contributed by atoms with Gasteiger partial charge in [-0.1, -0.05) is 60.7 Å². The van der Waals surface area contributed by atoms with Gasteiger partial charge in [0.05, 0.1) is 28.4 Å². The van der Waals surface area contributed by atoms with Gasteiger partial charge in [-0.25, -0.2) is 9.78 Å². The Labute approximate surface area is 202 Å². The number of carbonyl (C=O) groups is 3. The number of benzene rings is 2. The molecule has 0 radical (unpaired) electrons. The van der Waals surface area contributed by atoms with Crippen LogP contribution >= 0.6 is 0 Å². The third kappa shape index (κ3) is 5.43. The molecule has 2 aromatic heterocycles. The number of amides is 1. The molecule has 0 spiro atoms. The number of rotatable bonds is 8. The predicted molar refractivity (Wildman–Crippen MR) is 132 cm³/mol. The van der Waals surface area contributed by atoms with Gasteiger partial charge in [0, 0.05) is 12.6 Å². The minimum Gasteiger partial charge on any atom is -0.452 e. The molecule has 0 aliphatic carbocycles. The summed E-state index contributed by atoms with van der Waals surface area (Å²) in [4.78, 5) is 42.4. The minimum atomic E-state index is -0.707. The lowest BCUT2D eigenvalue weighted by molar-refractivity contribution is -0.128. The lowest BCUT2D eigenvalue weighted by Gasteiger charge is -2.16. The Balaban J connectivity index is 1.52. The van der Waals surface area contributed by atoms with Gasteiger partial charge in [0.2, 0.25) is 0 Å². The van der Waals surface area contributed by atoms with Gasteiger partial charge in [0.1, 0.15) is 0 Å². The van der Waals surface area contributed by atoms with Gasteiger partial charge < -0.3 is 10.1 Å². The van der Waals surface area contributed by atoms with Gasteiger partial charge in [-0.2, -0.15) is 5.10 Å². The number of aryl methyl sites for hydroxylation is 2. The highest BCUT2D eigenvalue weighted by atomic mass is 16.5. The van der Waals surface area contributed by atoms with Gasteiger partial charge in [0.25, 0.3) is 5.91 Å². The van der Waals surface area contributed by atoms with E-state index in [0.29, 0.717) is 28.8 Å². The van der Waals surface area contributed by atoms with Crippen LogP contribution in [-0.4, -0.2) is 45.1 Å². The molecule has 35 heavy (non-hydrogen) atoms. The Morgan fingerprint density at radius 3 is 2.34 bits per heavy atom. The van der Waals surface area contributed by atoms with Crippen LogP contribution in [0.3, 0.4) is 0 Å². The predicted octanol–water partition coefficient (Wildman–Crippen LogP) is 3.42. The van der Waals surface area contributed by atoms with Gasteiger partial charge in [-0.3, -0.25) is 14.3 Å². The third-order valence-electron chi connectivity index (χ3n) is 5.70. The molecule has 1 N–H and O–H groups in total. The van der Waals surface area contributed by atoms with Crippen LogP contribution < -0.4 is 5.32 Å². The molecule has 178 valence electrons. The van der Waals surface area contributed by atoms with Crippen LogP contribution in [0.25, 0.3) is 22.3 Å². The first-order valence-electron chi connectivity index (χ1n) is 11.2. The Kier molecular flexibility index (Phi) is 7.01. The fourth-order valence-electron chi connectivity index (χ4n) is 3.95. The van der Waals surface area contributed by atoms with Crippen LogP contribution in [0.1, 0.15) is 28.5 Å². The van der Waals surface area contributed by atoms with Crippen LogP contribution in [0.2, 0.25) is 0 Å². The van der Waals surface area contributed by atoms with E-state index in [1.165, 1.54) is 6.92 Å². The van der Waals surface area contributed by atoms with Crippen LogP contribution in [0.5, 0.6) is 0 Å². The standard InChI is InChI=1S/C27H26N4O4/c1-17-25-21(15-23(20-12-8-5-9-13-20)29-26(25)31(3)30-17)27(34)35-16-24(33)28-22(18(2)32)14-19-10-6-4-7-11-19/h4-13,15,22H,14,16H2,1-3H3,(H,28,33). The normalized spacial score (nSPS) is 11.7. The minimum absolute atomic E-state index is 0.178. The van der Waals surface area contributed by atoms with Crippen molar-refractivity contribution >= 4 is 28.7 Å². The first-order valence-corrected chi connectivity index (χ1v) is 11.2. The van der Waals surface area contributed by atoms with Crippen molar-refractivity contribution in [3.63, 3.8) is 0 Å². The molecule has 0 fully saturated rings. The van der Waals surface area contributed by atoms with E-state index in [4.69, 9.17) is 4.74 Å². The van der Waals surface area contributed by atoms with Crippen molar-refractivity contribution in [2.24, 2.45) is 7.05 Å². The Hall–Kier alpha value is -4.33. The summed E-state index contributed by atoms with van der Waals surface area (Å²) >= 11 is 0. The van der Waals surface area contributed by atoms with Crippen LogP contribution in [-0.2, 0) is 27.8 Å². The molecule has 1 atom stereocenters. The highest BCUT2D eigenvalue weighted by Crippen LogP contribution is 2.27. The molecule has 8 heteroatoms. The van der Waals surface area contributed by atoms with Crippen molar-refractivity contribution in [2.45, 2.75) is 26.3 Å². The molecule has 2 aromatic carbocycles. The number of nitrogens with one attached hydrogen (secondary N) is 1. The fourth-order valence-corrected chi connectivity index (χ4v) is 3.95. The number of fused-ring (bicyclic) bond motifs is 1. The molecular formula is C27H26N4O4. The molecule has 4 aromatic rings. The summed E-state index contributed by atoms with van der Waals surface area (Å²) in [6, 6.07) is 19.8. The first-order chi connectivity index (χ1) is 16.8. The average Bonchev–Trinajstić information content (AvgIpc) is 3.15. The highest BCUT2D eigenvalue weighted by Gasteiger charge is 2.22. The maximum atomic E-state index is 13.1. The number of esters is 1. The number of nitrogens with zero attached hydrogens (tertiary/aromatic N) is 3. The quantitative estimate of drug-likeness (QED) is 0.396. The molecule has 0 bridgehead atoms. The number of aromatic nitrogens is 3. The van der Waals surface area contributed by atoms with Crippen LogP contribution in [0.15, 0.2) is 66.7 Å². The molecule has 0 aliphatic rings. The fraction of sp³-hybridized carbons (Fsp3) is 0.222. The van der Waals surface area contributed by atoms with Gasteiger partial charge in [-0.15, -0.1) is 0 Å². The largest absolute Gasteiger partial charge is 0.452 e. The average molecular weight is 471 g/mol. The van der Waals surface area contributed by atoms with Gasteiger partial charge >= 0.3 is 5.97 Å². The van der Waals surface area contributed by atoms with E-state index in [-0.39, 0.29) is 11.3 Å². The van der Waals surface area contributed by atoms with Crippen LogP contribution in [0.4, 0.5) is 0 Å².